The summed E-state index contributed by atoms with van der Waals surface area (Å²) < 4.78 is 10.8. The Morgan fingerprint density at radius 1 is 1.06 bits per heavy atom. The van der Waals surface area contributed by atoms with E-state index in [2.05, 4.69) is 31.8 Å². The Balaban J connectivity index is 1.75. The molecule has 0 aliphatic rings. The summed E-state index contributed by atoms with van der Waals surface area (Å²) in [4.78, 5) is 35.2. The maximum atomic E-state index is 11.9. The number of nitrogens with one attached hydrogen (secondary N) is 2. The first-order chi connectivity index (χ1) is 14.9. The van der Waals surface area contributed by atoms with Gasteiger partial charge in [0.15, 0.2) is 6.61 Å². The number of esters is 1. The molecule has 2 rings (SSSR count). The zero-order chi connectivity index (χ0) is 22.6. The molecular weight excluding hydrogens is 466 g/mol. The second-order valence-corrected chi connectivity index (χ2v) is 7.35. The molecule has 0 fully saturated rings. The van der Waals surface area contributed by atoms with Crippen LogP contribution in [0.15, 0.2) is 52.0 Å². The van der Waals surface area contributed by atoms with Gasteiger partial charge >= 0.3 is 5.97 Å². The lowest BCUT2D eigenvalue weighted by Crippen LogP contribution is -2.20. The van der Waals surface area contributed by atoms with Crippen molar-refractivity contribution in [3.05, 3.63) is 58.1 Å². The van der Waals surface area contributed by atoms with Gasteiger partial charge in [0.05, 0.1) is 17.3 Å². The fraction of sp³-hybridized carbons (Fsp3) is 0.273. The van der Waals surface area contributed by atoms with Gasteiger partial charge in [-0.2, -0.15) is 5.10 Å². The predicted octanol–water partition coefficient (Wildman–Crippen LogP) is 3.57. The van der Waals surface area contributed by atoms with Gasteiger partial charge in [-0.3, -0.25) is 9.59 Å². The third kappa shape index (κ3) is 9.00. The Hall–Kier alpha value is -3.20. The number of benzene rings is 2. The average molecular weight is 490 g/mol. The molecule has 0 atom stereocenters. The monoisotopic (exact) mass is 489 g/mol. The highest BCUT2D eigenvalue weighted by Gasteiger charge is 2.08. The standard InChI is InChI=1S/C22H24BrN3O5/c1-3-30-22(29)14-31-19-9-6-16(12-18(19)23)13-24-26-21(28)11-10-20(27)25-17-7-4-15(2)5-8-17/h4-9,12-13H,3,10-11,14H2,1-2H3,(H,25,27)(H,26,28). The lowest BCUT2D eigenvalue weighted by atomic mass is 10.2. The number of nitrogens with zero attached hydrogens (tertiary/aromatic N) is 1. The van der Waals surface area contributed by atoms with Crippen LogP contribution in [0.2, 0.25) is 0 Å². The number of hydrazone groups is 1. The zero-order valence-electron chi connectivity index (χ0n) is 17.3. The van der Waals surface area contributed by atoms with Gasteiger partial charge < -0.3 is 14.8 Å². The normalized spacial score (nSPS) is 10.5. The van der Waals surface area contributed by atoms with E-state index in [4.69, 9.17) is 9.47 Å². The number of carbonyl (C=O) groups is 3. The highest BCUT2D eigenvalue weighted by Crippen LogP contribution is 2.25. The molecule has 0 radical (unpaired) electrons. The molecule has 2 aromatic carbocycles. The van der Waals surface area contributed by atoms with Crippen LogP contribution < -0.4 is 15.5 Å². The van der Waals surface area contributed by atoms with Crippen LogP contribution in [0.1, 0.15) is 30.9 Å². The number of rotatable bonds is 10. The Bertz CT molecular complexity index is 945. The lowest BCUT2D eigenvalue weighted by Gasteiger charge is -2.08. The van der Waals surface area contributed by atoms with E-state index < -0.39 is 5.97 Å². The maximum Gasteiger partial charge on any atom is 0.344 e. The number of hydrogen-bond acceptors (Lipinski definition) is 6. The highest BCUT2D eigenvalue weighted by atomic mass is 79.9. The first kappa shape index (κ1) is 24.1. The van der Waals surface area contributed by atoms with Gasteiger partial charge in [0.2, 0.25) is 11.8 Å². The molecule has 0 aromatic heterocycles. The van der Waals surface area contributed by atoms with Gasteiger partial charge in [-0.25, -0.2) is 10.2 Å². The quantitative estimate of drug-likeness (QED) is 0.301. The first-order valence-electron chi connectivity index (χ1n) is 9.63. The molecule has 31 heavy (non-hydrogen) atoms. The molecular formula is C22H24BrN3O5. The minimum atomic E-state index is -0.449. The van der Waals surface area contributed by atoms with Crippen molar-refractivity contribution >= 4 is 45.6 Å². The van der Waals surface area contributed by atoms with Gasteiger partial charge in [-0.15, -0.1) is 0 Å². The second kappa shape index (κ2) is 12.5. The number of halogens is 1. The molecule has 0 spiro atoms. The van der Waals surface area contributed by atoms with Gasteiger partial charge in [-0.05, 0) is 65.7 Å². The smallest absolute Gasteiger partial charge is 0.344 e. The number of ether oxygens (including phenoxy) is 2. The van der Waals surface area contributed by atoms with Crippen molar-refractivity contribution in [2.45, 2.75) is 26.7 Å². The third-order valence-electron chi connectivity index (χ3n) is 3.92. The molecule has 0 aliphatic heterocycles. The third-order valence-corrected chi connectivity index (χ3v) is 4.54. The Morgan fingerprint density at radius 2 is 1.77 bits per heavy atom. The minimum absolute atomic E-state index is 0.0133. The van der Waals surface area contributed by atoms with Crippen LogP contribution in [0, 0.1) is 6.92 Å². The molecule has 2 N–H and O–H groups in total. The Kier molecular flexibility index (Phi) is 9.70. The van der Waals surface area contributed by atoms with Crippen LogP contribution >= 0.6 is 15.9 Å². The summed E-state index contributed by atoms with van der Waals surface area (Å²) in [5.41, 5.74) is 4.88. The molecule has 0 saturated carbocycles. The van der Waals surface area contributed by atoms with E-state index in [1.807, 2.05) is 31.2 Å². The molecule has 9 heteroatoms. The molecule has 0 aliphatic carbocycles. The lowest BCUT2D eigenvalue weighted by molar-refractivity contribution is -0.145. The fourth-order valence-corrected chi connectivity index (χ4v) is 2.89. The van der Waals surface area contributed by atoms with Crippen molar-refractivity contribution in [3.8, 4) is 5.75 Å². The highest BCUT2D eigenvalue weighted by molar-refractivity contribution is 9.10. The number of amides is 2. The van der Waals surface area contributed by atoms with Crippen molar-refractivity contribution in [1.29, 1.82) is 0 Å². The largest absolute Gasteiger partial charge is 0.481 e. The molecule has 164 valence electrons. The topological polar surface area (TPSA) is 106 Å². The maximum absolute atomic E-state index is 11.9. The zero-order valence-corrected chi connectivity index (χ0v) is 18.9. The van der Waals surface area contributed by atoms with Gasteiger partial charge in [0, 0.05) is 18.5 Å². The van der Waals surface area contributed by atoms with Crippen LogP contribution in [0.4, 0.5) is 5.69 Å². The van der Waals surface area contributed by atoms with Crippen molar-refractivity contribution in [2.24, 2.45) is 5.10 Å². The molecule has 2 amide bonds. The Morgan fingerprint density at radius 3 is 2.45 bits per heavy atom. The van der Waals surface area contributed by atoms with Crippen LogP contribution in [0.25, 0.3) is 0 Å². The number of anilines is 1. The molecule has 0 heterocycles. The summed E-state index contributed by atoms with van der Waals surface area (Å²) in [7, 11) is 0. The molecule has 0 bridgehead atoms. The summed E-state index contributed by atoms with van der Waals surface area (Å²) in [6.07, 6.45) is 1.52. The van der Waals surface area contributed by atoms with E-state index >= 15 is 0 Å². The molecule has 0 unspecified atom stereocenters. The summed E-state index contributed by atoms with van der Waals surface area (Å²) in [6.45, 7) is 3.79. The van der Waals surface area contributed by atoms with Crippen LogP contribution in [0.3, 0.4) is 0 Å². The van der Waals surface area contributed by atoms with Gasteiger partial charge in [-0.1, -0.05) is 17.7 Å². The van der Waals surface area contributed by atoms with Gasteiger partial charge in [0.1, 0.15) is 5.75 Å². The van der Waals surface area contributed by atoms with Crippen LogP contribution in [-0.4, -0.2) is 37.2 Å². The van der Waals surface area contributed by atoms with E-state index in [-0.39, 0.29) is 31.3 Å². The SMILES string of the molecule is CCOC(=O)COc1ccc(C=NNC(=O)CCC(=O)Nc2ccc(C)cc2)cc1Br. The summed E-state index contributed by atoms with van der Waals surface area (Å²) in [5, 5.41) is 6.63. The van der Waals surface area contributed by atoms with E-state index in [1.165, 1.54) is 6.21 Å². The number of carbonyl (C=O) groups excluding carboxylic acids is 3. The number of aryl methyl sites for hydroxylation is 1. The van der Waals surface area contributed by atoms with Gasteiger partial charge in [0.25, 0.3) is 0 Å². The average Bonchev–Trinajstić information content (AvgIpc) is 2.73. The van der Waals surface area contributed by atoms with E-state index in [0.717, 1.165) is 5.56 Å². The van der Waals surface area contributed by atoms with Crippen LogP contribution in [0.5, 0.6) is 5.75 Å². The predicted molar refractivity (Wildman–Crippen MR) is 121 cm³/mol. The molecule has 2 aromatic rings. The second-order valence-electron chi connectivity index (χ2n) is 6.49. The minimum Gasteiger partial charge on any atom is -0.481 e. The van der Waals surface area contributed by atoms with Crippen LogP contribution in [-0.2, 0) is 19.1 Å². The number of hydrogen-bond donors (Lipinski definition) is 2. The van der Waals surface area contributed by atoms with Crippen molar-refractivity contribution in [3.63, 3.8) is 0 Å². The van der Waals surface area contributed by atoms with E-state index in [9.17, 15) is 14.4 Å². The molecule has 0 saturated heterocycles. The molecule has 8 nitrogen and oxygen atoms in total. The van der Waals surface area contributed by atoms with E-state index in [0.29, 0.717) is 28.1 Å². The van der Waals surface area contributed by atoms with Crippen molar-refractivity contribution in [2.75, 3.05) is 18.5 Å². The summed E-state index contributed by atoms with van der Waals surface area (Å²) in [6, 6.07) is 12.5. The van der Waals surface area contributed by atoms with Crippen molar-refractivity contribution < 1.29 is 23.9 Å². The summed E-state index contributed by atoms with van der Waals surface area (Å²) in [5.74, 6) is -0.585. The first-order valence-corrected chi connectivity index (χ1v) is 10.4. The fourth-order valence-electron chi connectivity index (χ4n) is 2.38. The van der Waals surface area contributed by atoms with Crippen molar-refractivity contribution in [1.82, 2.24) is 5.43 Å². The summed E-state index contributed by atoms with van der Waals surface area (Å²) >= 11 is 3.36. The Labute approximate surface area is 189 Å². The van der Waals surface area contributed by atoms with E-state index in [1.54, 1.807) is 25.1 Å².